The van der Waals surface area contributed by atoms with Gasteiger partial charge in [-0.2, -0.15) is 0 Å². The van der Waals surface area contributed by atoms with Crippen LogP contribution in [0.15, 0.2) is 64.6 Å². The standard InChI is InChI=1S/C20H18BrN3OS/c1-15-23-19(14-26-15)9-10-20(25)24(13-18-4-2-3-11-22-18)12-16-5-7-17(21)8-6-16/h2-11,14H,12-13H2,1H3/b10-9-. The van der Waals surface area contributed by atoms with E-state index < -0.39 is 0 Å². The van der Waals surface area contributed by atoms with Crippen LogP contribution in [0.4, 0.5) is 0 Å². The Morgan fingerprint density at radius 1 is 1.19 bits per heavy atom. The molecule has 0 saturated carbocycles. The van der Waals surface area contributed by atoms with Crippen molar-refractivity contribution in [3.8, 4) is 0 Å². The summed E-state index contributed by atoms with van der Waals surface area (Å²) in [5.74, 6) is -0.0655. The summed E-state index contributed by atoms with van der Waals surface area (Å²) < 4.78 is 1.02. The minimum absolute atomic E-state index is 0.0655. The van der Waals surface area contributed by atoms with Gasteiger partial charge in [-0.05, 0) is 42.8 Å². The third-order valence-electron chi connectivity index (χ3n) is 3.71. The van der Waals surface area contributed by atoms with E-state index in [1.807, 2.05) is 54.8 Å². The van der Waals surface area contributed by atoms with E-state index in [2.05, 4.69) is 25.9 Å². The monoisotopic (exact) mass is 427 g/mol. The summed E-state index contributed by atoms with van der Waals surface area (Å²) in [5, 5.41) is 2.93. The second-order valence-corrected chi connectivity index (χ2v) is 7.74. The Morgan fingerprint density at radius 3 is 2.65 bits per heavy atom. The number of nitrogens with zero attached hydrogens (tertiary/aromatic N) is 3. The van der Waals surface area contributed by atoms with Gasteiger partial charge in [-0.3, -0.25) is 9.78 Å². The molecule has 0 aliphatic heterocycles. The molecule has 2 aromatic heterocycles. The number of hydrogen-bond donors (Lipinski definition) is 0. The summed E-state index contributed by atoms with van der Waals surface area (Å²) in [5.41, 5.74) is 2.73. The van der Waals surface area contributed by atoms with E-state index in [-0.39, 0.29) is 5.91 Å². The molecule has 132 valence electrons. The van der Waals surface area contributed by atoms with Crippen LogP contribution in [0.2, 0.25) is 0 Å². The number of halogens is 1. The van der Waals surface area contributed by atoms with Gasteiger partial charge in [0.15, 0.2) is 0 Å². The van der Waals surface area contributed by atoms with Crippen LogP contribution in [0.3, 0.4) is 0 Å². The lowest BCUT2D eigenvalue weighted by molar-refractivity contribution is -0.127. The molecular formula is C20H18BrN3OS. The Balaban J connectivity index is 1.77. The molecule has 0 unspecified atom stereocenters. The summed E-state index contributed by atoms with van der Waals surface area (Å²) in [6.45, 7) is 2.92. The Labute approximate surface area is 165 Å². The van der Waals surface area contributed by atoms with Crippen molar-refractivity contribution in [1.29, 1.82) is 0 Å². The van der Waals surface area contributed by atoms with Crippen molar-refractivity contribution in [3.63, 3.8) is 0 Å². The molecule has 26 heavy (non-hydrogen) atoms. The first-order chi connectivity index (χ1) is 12.6. The number of carbonyl (C=O) groups excluding carboxylic acids is 1. The van der Waals surface area contributed by atoms with Crippen molar-refractivity contribution >= 4 is 39.2 Å². The first kappa shape index (κ1) is 18.5. The molecule has 1 amide bonds. The second-order valence-electron chi connectivity index (χ2n) is 5.77. The number of benzene rings is 1. The number of aryl methyl sites for hydroxylation is 1. The number of thiazole rings is 1. The summed E-state index contributed by atoms with van der Waals surface area (Å²) in [4.78, 5) is 23.3. The number of rotatable bonds is 6. The summed E-state index contributed by atoms with van der Waals surface area (Å²) in [6, 6.07) is 13.7. The number of aromatic nitrogens is 2. The second kappa shape index (κ2) is 8.87. The van der Waals surface area contributed by atoms with Crippen molar-refractivity contribution in [2.45, 2.75) is 20.0 Å². The molecule has 0 atom stereocenters. The molecule has 0 aliphatic carbocycles. The average Bonchev–Trinajstić information content (AvgIpc) is 3.07. The van der Waals surface area contributed by atoms with Gasteiger partial charge in [-0.25, -0.2) is 4.98 Å². The normalized spacial score (nSPS) is 11.0. The third kappa shape index (κ3) is 5.34. The van der Waals surface area contributed by atoms with E-state index in [1.54, 1.807) is 34.6 Å². The van der Waals surface area contributed by atoms with Crippen molar-refractivity contribution in [1.82, 2.24) is 14.9 Å². The number of carbonyl (C=O) groups is 1. The van der Waals surface area contributed by atoms with Crippen LogP contribution in [0.1, 0.15) is 22.0 Å². The fraction of sp³-hybridized carbons (Fsp3) is 0.150. The number of hydrogen-bond acceptors (Lipinski definition) is 4. The fourth-order valence-electron chi connectivity index (χ4n) is 2.43. The molecule has 0 spiro atoms. The van der Waals surface area contributed by atoms with Crippen LogP contribution in [0.5, 0.6) is 0 Å². The van der Waals surface area contributed by atoms with Gasteiger partial charge in [0.05, 0.1) is 22.9 Å². The zero-order valence-corrected chi connectivity index (χ0v) is 16.7. The smallest absolute Gasteiger partial charge is 0.247 e. The maximum Gasteiger partial charge on any atom is 0.247 e. The van der Waals surface area contributed by atoms with Crippen molar-refractivity contribution in [2.75, 3.05) is 0 Å². The molecule has 0 saturated heterocycles. The molecule has 0 radical (unpaired) electrons. The van der Waals surface area contributed by atoms with Crippen molar-refractivity contribution in [2.24, 2.45) is 0 Å². The fourth-order valence-corrected chi connectivity index (χ4v) is 3.27. The molecule has 6 heteroatoms. The van der Waals surface area contributed by atoms with Gasteiger partial charge in [0, 0.05) is 28.7 Å². The van der Waals surface area contributed by atoms with Crippen LogP contribution < -0.4 is 0 Å². The number of pyridine rings is 1. The molecule has 2 heterocycles. The summed E-state index contributed by atoms with van der Waals surface area (Å²) >= 11 is 5.01. The van der Waals surface area contributed by atoms with E-state index in [0.29, 0.717) is 13.1 Å². The average molecular weight is 428 g/mol. The zero-order valence-electron chi connectivity index (χ0n) is 14.3. The summed E-state index contributed by atoms with van der Waals surface area (Å²) in [6.07, 6.45) is 5.08. The molecule has 3 aromatic rings. The van der Waals surface area contributed by atoms with E-state index in [1.165, 1.54) is 0 Å². The predicted octanol–water partition coefficient (Wildman–Crippen LogP) is 4.85. The van der Waals surface area contributed by atoms with Crippen LogP contribution in [-0.2, 0) is 17.9 Å². The molecule has 3 rings (SSSR count). The molecule has 1 aromatic carbocycles. The van der Waals surface area contributed by atoms with Crippen LogP contribution >= 0.6 is 27.3 Å². The highest BCUT2D eigenvalue weighted by molar-refractivity contribution is 9.10. The lowest BCUT2D eigenvalue weighted by Crippen LogP contribution is -2.28. The first-order valence-corrected chi connectivity index (χ1v) is 9.81. The Bertz CT molecular complexity index is 891. The molecule has 0 fully saturated rings. The highest BCUT2D eigenvalue weighted by Crippen LogP contribution is 2.15. The first-order valence-electron chi connectivity index (χ1n) is 8.13. The van der Waals surface area contributed by atoms with Gasteiger partial charge >= 0.3 is 0 Å². The Hall–Kier alpha value is -2.31. The minimum Gasteiger partial charge on any atom is -0.329 e. The van der Waals surface area contributed by atoms with Crippen molar-refractivity contribution in [3.05, 3.63) is 86.5 Å². The lowest BCUT2D eigenvalue weighted by Gasteiger charge is -2.21. The van der Waals surface area contributed by atoms with Gasteiger partial charge in [0.2, 0.25) is 5.91 Å². The van der Waals surface area contributed by atoms with Gasteiger partial charge < -0.3 is 4.90 Å². The summed E-state index contributed by atoms with van der Waals surface area (Å²) in [7, 11) is 0. The van der Waals surface area contributed by atoms with E-state index in [9.17, 15) is 4.79 Å². The van der Waals surface area contributed by atoms with Crippen LogP contribution in [0.25, 0.3) is 6.08 Å². The molecule has 0 aliphatic rings. The molecular weight excluding hydrogens is 410 g/mol. The zero-order chi connectivity index (χ0) is 18.4. The van der Waals surface area contributed by atoms with E-state index in [0.717, 1.165) is 26.4 Å². The van der Waals surface area contributed by atoms with Gasteiger partial charge in [0.25, 0.3) is 0 Å². The van der Waals surface area contributed by atoms with Gasteiger partial charge in [0.1, 0.15) is 0 Å². The maximum atomic E-state index is 12.8. The van der Waals surface area contributed by atoms with E-state index >= 15 is 0 Å². The van der Waals surface area contributed by atoms with Crippen molar-refractivity contribution < 1.29 is 4.79 Å². The quantitative estimate of drug-likeness (QED) is 0.528. The molecule has 4 nitrogen and oxygen atoms in total. The van der Waals surface area contributed by atoms with Crippen LogP contribution in [-0.4, -0.2) is 20.8 Å². The Morgan fingerprint density at radius 2 is 2.00 bits per heavy atom. The van der Waals surface area contributed by atoms with Gasteiger partial charge in [-0.15, -0.1) is 11.3 Å². The topological polar surface area (TPSA) is 46.1 Å². The maximum absolute atomic E-state index is 12.8. The van der Waals surface area contributed by atoms with Gasteiger partial charge in [-0.1, -0.05) is 34.1 Å². The van der Waals surface area contributed by atoms with Crippen LogP contribution in [0, 0.1) is 6.92 Å². The largest absolute Gasteiger partial charge is 0.329 e. The Kier molecular flexibility index (Phi) is 6.30. The molecule has 0 N–H and O–H groups in total. The highest BCUT2D eigenvalue weighted by atomic mass is 79.9. The lowest BCUT2D eigenvalue weighted by atomic mass is 10.2. The molecule has 0 bridgehead atoms. The third-order valence-corrected chi connectivity index (χ3v) is 5.03. The predicted molar refractivity (Wildman–Crippen MR) is 109 cm³/mol. The minimum atomic E-state index is -0.0655. The highest BCUT2D eigenvalue weighted by Gasteiger charge is 2.13. The number of amides is 1. The van der Waals surface area contributed by atoms with E-state index in [4.69, 9.17) is 0 Å². The SMILES string of the molecule is Cc1nc(/C=C\C(=O)N(Cc2ccc(Br)cc2)Cc2ccccn2)cs1.